The van der Waals surface area contributed by atoms with E-state index in [2.05, 4.69) is 17.0 Å². The van der Waals surface area contributed by atoms with E-state index >= 15 is 0 Å². The van der Waals surface area contributed by atoms with Gasteiger partial charge in [0.25, 0.3) is 0 Å². The molecule has 0 heterocycles. The van der Waals surface area contributed by atoms with Crippen molar-refractivity contribution < 1.29 is 14.3 Å². The number of benzene rings is 1. The van der Waals surface area contributed by atoms with Gasteiger partial charge in [0.05, 0.1) is 6.21 Å². The molecule has 0 fully saturated rings. The Morgan fingerprint density at radius 3 is 3.13 bits per heavy atom. The van der Waals surface area contributed by atoms with Gasteiger partial charge in [0.15, 0.2) is 6.61 Å². The zero-order valence-electron chi connectivity index (χ0n) is 8.20. The Morgan fingerprint density at radius 1 is 1.60 bits per heavy atom. The lowest BCUT2D eigenvalue weighted by molar-refractivity contribution is 0.181. The molecular weight excluding hydrogens is 197 g/mol. The van der Waals surface area contributed by atoms with Gasteiger partial charge in [0.2, 0.25) is 0 Å². The fourth-order valence-electron chi connectivity index (χ4n) is 0.865. The van der Waals surface area contributed by atoms with Gasteiger partial charge in [-0.25, -0.2) is 4.39 Å². The summed E-state index contributed by atoms with van der Waals surface area (Å²) >= 11 is 0. The zero-order valence-corrected chi connectivity index (χ0v) is 8.20. The van der Waals surface area contributed by atoms with Gasteiger partial charge in [-0.05, 0) is 25.1 Å². The number of nitrogens with zero attached hydrogens (tertiary/aromatic N) is 1. The van der Waals surface area contributed by atoms with Crippen LogP contribution in [0.3, 0.4) is 0 Å². The van der Waals surface area contributed by atoms with Gasteiger partial charge in [0.1, 0.15) is 11.6 Å². The number of halogens is 1. The first-order valence-corrected chi connectivity index (χ1v) is 4.27. The van der Waals surface area contributed by atoms with Crippen molar-refractivity contribution in [3.63, 3.8) is 0 Å². The molecule has 1 N–H and O–H groups in total. The highest BCUT2D eigenvalue weighted by Crippen LogP contribution is 2.15. The first kappa shape index (κ1) is 11.1. The standard InChI is InChI=1S/C11H10FNO2/c1-2-3-6-15-13-8-9-7-10(12)4-5-11(9)14/h4-5,7-8,14H,6H2,1H3/b13-8+. The zero-order chi connectivity index (χ0) is 11.1. The summed E-state index contributed by atoms with van der Waals surface area (Å²) in [5.74, 6) is 4.77. The quantitative estimate of drug-likeness (QED) is 0.356. The predicted octanol–water partition coefficient (Wildman–Crippen LogP) is 1.91. The molecule has 3 nitrogen and oxygen atoms in total. The van der Waals surface area contributed by atoms with Crippen LogP contribution >= 0.6 is 0 Å². The number of phenolic OH excluding ortho intramolecular Hbond substituents is 1. The number of oxime groups is 1. The van der Waals surface area contributed by atoms with Crippen LogP contribution in [0.5, 0.6) is 5.75 Å². The van der Waals surface area contributed by atoms with Crippen LogP contribution in [0.2, 0.25) is 0 Å². The minimum Gasteiger partial charge on any atom is -0.507 e. The van der Waals surface area contributed by atoms with E-state index in [0.29, 0.717) is 0 Å². The number of hydrogen-bond acceptors (Lipinski definition) is 3. The molecule has 78 valence electrons. The third-order valence-corrected chi connectivity index (χ3v) is 1.57. The SMILES string of the molecule is CC#CCO/N=C/c1cc(F)ccc1O. The molecule has 0 aliphatic rings. The topological polar surface area (TPSA) is 41.8 Å². The van der Waals surface area contributed by atoms with Crippen LogP contribution in [0.15, 0.2) is 23.4 Å². The molecule has 1 aromatic rings. The van der Waals surface area contributed by atoms with E-state index in [4.69, 9.17) is 4.84 Å². The number of rotatable bonds is 3. The van der Waals surface area contributed by atoms with Crippen LogP contribution in [0.25, 0.3) is 0 Å². The van der Waals surface area contributed by atoms with Crippen molar-refractivity contribution in [2.45, 2.75) is 6.92 Å². The summed E-state index contributed by atoms with van der Waals surface area (Å²) in [7, 11) is 0. The van der Waals surface area contributed by atoms with Crippen LogP contribution in [0, 0.1) is 17.7 Å². The highest BCUT2D eigenvalue weighted by Gasteiger charge is 1.99. The monoisotopic (exact) mass is 207 g/mol. The smallest absolute Gasteiger partial charge is 0.177 e. The van der Waals surface area contributed by atoms with Crippen molar-refractivity contribution in [1.29, 1.82) is 0 Å². The largest absolute Gasteiger partial charge is 0.507 e. The molecule has 15 heavy (non-hydrogen) atoms. The molecule has 0 bridgehead atoms. The summed E-state index contributed by atoms with van der Waals surface area (Å²) < 4.78 is 12.7. The molecule has 0 spiro atoms. The Morgan fingerprint density at radius 2 is 2.40 bits per heavy atom. The summed E-state index contributed by atoms with van der Waals surface area (Å²) in [6.07, 6.45) is 1.23. The average Bonchev–Trinajstić information content (AvgIpc) is 2.23. The summed E-state index contributed by atoms with van der Waals surface area (Å²) in [5, 5.41) is 12.8. The van der Waals surface area contributed by atoms with E-state index in [1.165, 1.54) is 12.3 Å². The molecule has 0 unspecified atom stereocenters. The molecule has 1 rings (SSSR count). The van der Waals surface area contributed by atoms with Crippen LogP contribution in [0.1, 0.15) is 12.5 Å². The molecule has 0 amide bonds. The molecule has 1 aromatic carbocycles. The fraction of sp³-hybridized carbons (Fsp3) is 0.182. The van der Waals surface area contributed by atoms with E-state index < -0.39 is 5.82 Å². The highest BCUT2D eigenvalue weighted by molar-refractivity contribution is 5.82. The molecule has 0 saturated heterocycles. The lowest BCUT2D eigenvalue weighted by Crippen LogP contribution is -1.87. The number of phenols is 1. The second kappa shape index (κ2) is 5.66. The predicted molar refractivity (Wildman–Crippen MR) is 55.1 cm³/mol. The van der Waals surface area contributed by atoms with Crippen molar-refractivity contribution in [3.8, 4) is 17.6 Å². The second-order valence-electron chi connectivity index (χ2n) is 2.64. The molecule has 4 heteroatoms. The van der Waals surface area contributed by atoms with Gasteiger partial charge in [-0.2, -0.15) is 0 Å². The van der Waals surface area contributed by atoms with Crippen LogP contribution in [-0.4, -0.2) is 17.9 Å². The molecule has 0 aromatic heterocycles. The van der Waals surface area contributed by atoms with Crippen molar-refractivity contribution in [1.82, 2.24) is 0 Å². The maximum absolute atomic E-state index is 12.7. The number of hydrogen-bond donors (Lipinski definition) is 1. The van der Waals surface area contributed by atoms with Gasteiger partial charge < -0.3 is 9.94 Å². The van der Waals surface area contributed by atoms with Gasteiger partial charge in [0, 0.05) is 5.56 Å². The summed E-state index contributed by atoms with van der Waals surface area (Å²) in [6, 6.07) is 3.58. The van der Waals surface area contributed by atoms with Gasteiger partial charge in [-0.1, -0.05) is 11.1 Å². The lowest BCUT2D eigenvalue weighted by Gasteiger charge is -1.97. The normalized spacial score (nSPS) is 9.73. The third kappa shape index (κ3) is 3.69. The van der Waals surface area contributed by atoms with E-state index in [1.54, 1.807) is 6.92 Å². The van der Waals surface area contributed by atoms with Crippen molar-refractivity contribution >= 4 is 6.21 Å². The molecule has 0 aliphatic heterocycles. The van der Waals surface area contributed by atoms with Crippen LogP contribution in [0.4, 0.5) is 4.39 Å². The molecule has 0 atom stereocenters. The summed E-state index contributed by atoms with van der Waals surface area (Å²) in [5.41, 5.74) is 0.263. The minimum absolute atomic E-state index is 0.0506. The Labute approximate surface area is 87.2 Å². The van der Waals surface area contributed by atoms with Gasteiger partial charge >= 0.3 is 0 Å². The summed E-state index contributed by atoms with van der Waals surface area (Å²) in [4.78, 5) is 4.74. The maximum Gasteiger partial charge on any atom is 0.177 e. The van der Waals surface area contributed by atoms with Crippen LogP contribution in [-0.2, 0) is 4.84 Å². The summed E-state index contributed by atoms with van der Waals surface area (Å²) in [6.45, 7) is 1.86. The molecule has 0 aliphatic carbocycles. The Kier molecular flexibility index (Phi) is 4.17. The Hall–Kier alpha value is -2.02. The van der Waals surface area contributed by atoms with Gasteiger partial charge in [-0.15, -0.1) is 5.92 Å². The third-order valence-electron chi connectivity index (χ3n) is 1.57. The average molecular weight is 207 g/mol. The lowest BCUT2D eigenvalue weighted by atomic mass is 10.2. The minimum atomic E-state index is -0.442. The van der Waals surface area contributed by atoms with E-state index in [-0.39, 0.29) is 17.9 Å². The molecule has 0 radical (unpaired) electrons. The van der Waals surface area contributed by atoms with Crippen molar-refractivity contribution in [2.75, 3.05) is 6.61 Å². The fourth-order valence-corrected chi connectivity index (χ4v) is 0.865. The van der Waals surface area contributed by atoms with E-state index in [0.717, 1.165) is 12.1 Å². The van der Waals surface area contributed by atoms with Crippen molar-refractivity contribution in [3.05, 3.63) is 29.6 Å². The van der Waals surface area contributed by atoms with Crippen LogP contribution < -0.4 is 0 Å². The number of aromatic hydroxyl groups is 1. The first-order valence-electron chi connectivity index (χ1n) is 4.27. The Bertz CT molecular complexity index is 418. The molecular formula is C11H10FNO2. The van der Waals surface area contributed by atoms with E-state index in [9.17, 15) is 9.50 Å². The Balaban J connectivity index is 2.62. The van der Waals surface area contributed by atoms with Crippen molar-refractivity contribution in [2.24, 2.45) is 5.16 Å². The first-order chi connectivity index (χ1) is 7.24. The maximum atomic E-state index is 12.7. The highest BCUT2D eigenvalue weighted by atomic mass is 19.1. The van der Waals surface area contributed by atoms with Gasteiger partial charge in [-0.3, -0.25) is 0 Å². The molecule has 0 saturated carbocycles. The second-order valence-corrected chi connectivity index (χ2v) is 2.64. The van der Waals surface area contributed by atoms with E-state index in [1.807, 2.05) is 0 Å².